The third kappa shape index (κ3) is 3.20. The van der Waals surface area contributed by atoms with Crippen molar-refractivity contribution in [3.05, 3.63) is 23.8 Å². The minimum atomic E-state index is -0.423. The average molecular weight is 290 g/mol. The molecule has 1 N–H and O–H groups in total. The molecule has 1 saturated heterocycles. The second-order valence-electron chi connectivity index (χ2n) is 7.03. The van der Waals surface area contributed by atoms with E-state index in [9.17, 15) is 9.59 Å². The first-order valence-electron chi connectivity index (χ1n) is 7.02. The van der Waals surface area contributed by atoms with Crippen LogP contribution in [0.2, 0.25) is 0 Å². The van der Waals surface area contributed by atoms with Crippen molar-refractivity contribution in [2.45, 2.75) is 45.6 Å². The van der Waals surface area contributed by atoms with Crippen molar-refractivity contribution in [3.63, 3.8) is 0 Å². The van der Waals surface area contributed by atoms with Crippen molar-refractivity contribution in [1.29, 1.82) is 0 Å². The molecule has 0 spiro atoms. The maximum atomic E-state index is 12.6. The first kappa shape index (κ1) is 15.4. The fraction of sp³-hybridized carbons (Fsp3) is 0.600. The van der Waals surface area contributed by atoms with Gasteiger partial charge in [-0.2, -0.15) is 0 Å². The lowest BCUT2D eigenvalue weighted by atomic mass is 9.95. The Bertz CT molecular complexity index is 558. The number of nitrogens with zero attached hydrogens (tertiary/aromatic N) is 3. The predicted molar refractivity (Wildman–Crippen MR) is 78.9 cm³/mol. The van der Waals surface area contributed by atoms with E-state index in [1.807, 2.05) is 34.6 Å². The Morgan fingerprint density at radius 2 is 1.86 bits per heavy atom. The third-order valence-electron chi connectivity index (χ3n) is 3.57. The van der Waals surface area contributed by atoms with Crippen LogP contribution in [0.25, 0.3) is 0 Å². The number of hydrogen-bond donors (Lipinski definition) is 1. The van der Waals surface area contributed by atoms with Crippen LogP contribution in [0.3, 0.4) is 0 Å². The van der Waals surface area contributed by atoms with E-state index < -0.39 is 5.54 Å². The van der Waals surface area contributed by atoms with Crippen molar-refractivity contribution < 1.29 is 9.59 Å². The molecular weight excluding hydrogens is 268 g/mol. The molecule has 6 nitrogen and oxygen atoms in total. The summed E-state index contributed by atoms with van der Waals surface area (Å²) >= 11 is 0. The number of nitrogens with one attached hydrogen (secondary N) is 1. The van der Waals surface area contributed by atoms with E-state index in [2.05, 4.69) is 15.3 Å². The molecule has 0 saturated carbocycles. The minimum absolute atomic E-state index is 0.0624. The van der Waals surface area contributed by atoms with Gasteiger partial charge in [-0.15, -0.1) is 0 Å². The smallest absolute Gasteiger partial charge is 0.257 e. The first-order chi connectivity index (χ1) is 9.61. The van der Waals surface area contributed by atoms with E-state index in [4.69, 9.17) is 0 Å². The Hall–Kier alpha value is -1.98. The van der Waals surface area contributed by atoms with Gasteiger partial charge in [0.05, 0.1) is 11.1 Å². The van der Waals surface area contributed by atoms with E-state index in [0.29, 0.717) is 17.9 Å². The molecule has 1 aromatic rings. The molecule has 2 amide bonds. The second-order valence-corrected chi connectivity index (χ2v) is 7.03. The van der Waals surface area contributed by atoms with Crippen LogP contribution in [0.1, 0.15) is 50.8 Å². The molecule has 114 valence electrons. The highest BCUT2D eigenvalue weighted by atomic mass is 16.2. The fourth-order valence-electron chi connectivity index (χ4n) is 2.15. The van der Waals surface area contributed by atoms with Crippen LogP contribution >= 0.6 is 0 Å². The summed E-state index contributed by atoms with van der Waals surface area (Å²) in [5.41, 5.74) is -0.176. The van der Waals surface area contributed by atoms with Crippen molar-refractivity contribution >= 4 is 11.8 Å². The average Bonchev–Trinajstić information content (AvgIpc) is 2.40. The monoisotopic (exact) mass is 290 g/mol. The molecule has 1 aromatic heterocycles. The van der Waals surface area contributed by atoms with Crippen LogP contribution in [0, 0.1) is 0 Å². The summed E-state index contributed by atoms with van der Waals surface area (Å²) in [6, 6.07) is 0. The van der Waals surface area contributed by atoms with Gasteiger partial charge in [0.15, 0.2) is 0 Å². The van der Waals surface area contributed by atoms with Crippen LogP contribution in [-0.2, 0) is 10.2 Å². The molecule has 0 unspecified atom stereocenters. The number of piperazine rings is 1. The molecule has 2 rings (SSSR count). The minimum Gasteiger partial charge on any atom is -0.352 e. The Kier molecular flexibility index (Phi) is 3.74. The summed E-state index contributed by atoms with van der Waals surface area (Å²) in [4.78, 5) is 34.3. The summed E-state index contributed by atoms with van der Waals surface area (Å²) in [5, 5.41) is 2.77. The van der Waals surface area contributed by atoms with Gasteiger partial charge in [-0.25, -0.2) is 9.97 Å². The largest absolute Gasteiger partial charge is 0.352 e. The summed E-state index contributed by atoms with van der Waals surface area (Å²) in [7, 11) is 0. The molecule has 21 heavy (non-hydrogen) atoms. The SMILES string of the molecule is CC(C)(C)c1ncc(C(=O)N2CC(=O)NCC2(C)C)cn1. The molecule has 0 aromatic carbocycles. The fourth-order valence-corrected chi connectivity index (χ4v) is 2.15. The zero-order chi connectivity index (χ0) is 15.8. The summed E-state index contributed by atoms with van der Waals surface area (Å²) in [5.74, 6) is 0.333. The highest BCUT2D eigenvalue weighted by Gasteiger charge is 2.37. The van der Waals surface area contributed by atoms with Crippen LogP contribution in [-0.4, -0.2) is 45.3 Å². The third-order valence-corrected chi connectivity index (χ3v) is 3.57. The summed E-state index contributed by atoms with van der Waals surface area (Å²) in [6.07, 6.45) is 3.08. The number of rotatable bonds is 1. The van der Waals surface area contributed by atoms with Crippen LogP contribution in [0.4, 0.5) is 0 Å². The van der Waals surface area contributed by atoms with Crippen LogP contribution in [0.5, 0.6) is 0 Å². The zero-order valence-electron chi connectivity index (χ0n) is 13.2. The van der Waals surface area contributed by atoms with E-state index >= 15 is 0 Å². The number of aromatic nitrogens is 2. The van der Waals surface area contributed by atoms with E-state index in [-0.39, 0.29) is 23.8 Å². The lowest BCUT2D eigenvalue weighted by Gasteiger charge is -2.41. The highest BCUT2D eigenvalue weighted by molar-refractivity contribution is 5.97. The molecule has 2 heterocycles. The van der Waals surface area contributed by atoms with Gasteiger partial charge >= 0.3 is 0 Å². The first-order valence-corrected chi connectivity index (χ1v) is 7.02. The quantitative estimate of drug-likeness (QED) is 0.841. The highest BCUT2D eigenvalue weighted by Crippen LogP contribution is 2.21. The molecular formula is C15H22N4O2. The normalized spacial score (nSPS) is 18.3. The molecule has 1 aliphatic heterocycles. The van der Waals surface area contributed by atoms with Crippen molar-refractivity contribution in [3.8, 4) is 0 Å². The number of amides is 2. The van der Waals surface area contributed by atoms with E-state index in [0.717, 1.165) is 0 Å². The molecule has 0 bridgehead atoms. The molecule has 6 heteroatoms. The number of hydrogen-bond acceptors (Lipinski definition) is 4. The van der Waals surface area contributed by atoms with Gasteiger partial charge in [0.25, 0.3) is 5.91 Å². The summed E-state index contributed by atoms with van der Waals surface area (Å²) < 4.78 is 0. The summed E-state index contributed by atoms with van der Waals surface area (Å²) in [6.45, 7) is 10.4. The molecule has 0 atom stereocenters. The zero-order valence-corrected chi connectivity index (χ0v) is 13.2. The van der Waals surface area contributed by atoms with Crippen LogP contribution in [0.15, 0.2) is 12.4 Å². The van der Waals surface area contributed by atoms with Gasteiger partial charge in [-0.1, -0.05) is 20.8 Å². The van der Waals surface area contributed by atoms with Crippen molar-refractivity contribution in [1.82, 2.24) is 20.2 Å². The predicted octanol–water partition coefficient (Wildman–Crippen LogP) is 1.12. The Morgan fingerprint density at radius 1 is 1.29 bits per heavy atom. The van der Waals surface area contributed by atoms with Gasteiger partial charge in [0, 0.05) is 24.4 Å². The van der Waals surface area contributed by atoms with Gasteiger partial charge in [-0.05, 0) is 13.8 Å². The van der Waals surface area contributed by atoms with Gasteiger partial charge in [-0.3, -0.25) is 9.59 Å². The van der Waals surface area contributed by atoms with Crippen LogP contribution < -0.4 is 5.32 Å². The molecule has 0 radical (unpaired) electrons. The number of carbonyl (C=O) groups is 2. The lowest BCUT2D eigenvalue weighted by Crippen LogP contribution is -2.62. The number of carbonyl (C=O) groups excluding carboxylic acids is 2. The van der Waals surface area contributed by atoms with E-state index in [1.165, 1.54) is 0 Å². The standard InChI is InChI=1S/C15H22N4O2/c1-14(2,3)13-16-6-10(7-17-13)12(21)19-8-11(20)18-9-15(19,4)5/h6-7H,8-9H2,1-5H3,(H,18,20). The van der Waals surface area contributed by atoms with Gasteiger partial charge in [0.1, 0.15) is 12.4 Å². The second kappa shape index (κ2) is 5.09. The topological polar surface area (TPSA) is 75.2 Å². The van der Waals surface area contributed by atoms with Gasteiger partial charge in [0.2, 0.25) is 5.91 Å². The Morgan fingerprint density at radius 3 is 2.38 bits per heavy atom. The molecule has 1 fully saturated rings. The van der Waals surface area contributed by atoms with Gasteiger partial charge < -0.3 is 10.2 Å². The Labute approximate surface area is 125 Å². The van der Waals surface area contributed by atoms with Crippen molar-refractivity contribution in [2.24, 2.45) is 0 Å². The van der Waals surface area contributed by atoms with E-state index in [1.54, 1.807) is 17.3 Å². The van der Waals surface area contributed by atoms with Crippen molar-refractivity contribution in [2.75, 3.05) is 13.1 Å². The molecule has 0 aliphatic carbocycles. The molecule has 1 aliphatic rings. The lowest BCUT2D eigenvalue weighted by molar-refractivity contribution is -0.126. The maximum Gasteiger partial charge on any atom is 0.257 e. The maximum absolute atomic E-state index is 12.6. The Balaban J connectivity index is 2.25.